The molecule has 4 rings (SSSR count). The zero-order valence-electron chi connectivity index (χ0n) is 19.9. The summed E-state index contributed by atoms with van der Waals surface area (Å²) in [7, 11) is 1.63. The summed E-state index contributed by atoms with van der Waals surface area (Å²) < 4.78 is 5.22. The molecule has 0 heterocycles. The van der Waals surface area contributed by atoms with Crippen molar-refractivity contribution >= 4 is 28.9 Å². The van der Waals surface area contributed by atoms with Crippen molar-refractivity contribution in [3.63, 3.8) is 0 Å². The highest BCUT2D eigenvalue weighted by atomic mass is 16.5. The second-order valence-corrected chi connectivity index (χ2v) is 8.39. The van der Waals surface area contributed by atoms with Crippen molar-refractivity contribution < 1.29 is 9.53 Å². The van der Waals surface area contributed by atoms with E-state index in [0.29, 0.717) is 12.2 Å². The molecule has 0 aliphatic rings. The molecule has 4 aromatic rings. The van der Waals surface area contributed by atoms with Gasteiger partial charge in [-0.05, 0) is 67.4 Å². The lowest BCUT2D eigenvalue weighted by Gasteiger charge is -2.25. The molecule has 0 saturated heterocycles. The monoisotopic (exact) mass is 447 g/mol. The van der Waals surface area contributed by atoms with Crippen LogP contribution in [-0.4, -0.2) is 12.9 Å². The molecule has 3 heteroatoms. The maximum Gasteiger partial charge on any atom is 0.186 e. The maximum atomic E-state index is 12.8. The number of nitrogens with zero attached hydrogens (tertiary/aromatic N) is 1. The molecular weight excluding hydrogens is 418 g/mol. The summed E-state index contributed by atoms with van der Waals surface area (Å²) in [6.07, 6.45) is 3.49. The molecule has 0 amide bonds. The number of carbonyl (C=O) groups excluding carboxylic acids is 1. The van der Waals surface area contributed by atoms with E-state index >= 15 is 0 Å². The van der Waals surface area contributed by atoms with Crippen molar-refractivity contribution in [1.29, 1.82) is 0 Å². The number of ether oxygens (including phenoxy) is 1. The molecule has 0 atom stereocenters. The third-order valence-corrected chi connectivity index (χ3v) is 5.75. The van der Waals surface area contributed by atoms with E-state index in [1.807, 2.05) is 42.5 Å². The number of allylic oxidation sites excluding steroid dienone is 1. The van der Waals surface area contributed by atoms with Crippen LogP contribution < -0.4 is 4.90 Å². The summed E-state index contributed by atoms with van der Waals surface area (Å²) >= 11 is 0. The molecule has 34 heavy (non-hydrogen) atoms. The van der Waals surface area contributed by atoms with E-state index < -0.39 is 0 Å². The largest absolute Gasteiger partial charge is 0.380 e. The number of ketones is 1. The van der Waals surface area contributed by atoms with E-state index in [1.54, 1.807) is 13.2 Å². The number of rotatable bonds is 8. The van der Waals surface area contributed by atoms with Crippen molar-refractivity contribution in [2.45, 2.75) is 20.5 Å². The number of methoxy groups -OCH3 is 1. The van der Waals surface area contributed by atoms with Crippen LogP contribution in [-0.2, 0) is 11.3 Å². The van der Waals surface area contributed by atoms with Crippen molar-refractivity contribution in [3.8, 4) is 0 Å². The fourth-order valence-corrected chi connectivity index (χ4v) is 3.87. The summed E-state index contributed by atoms with van der Waals surface area (Å²) in [4.78, 5) is 15.0. The van der Waals surface area contributed by atoms with Gasteiger partial charge in [0.1, 0.15) is 0 Å². The number of carbonyl (C=O) groups is 1. The molecular formula is C31H29NO2. The minimum Gasteiger partial charge on any atom is -0.380 e. The molecule has 0 aromatic heterocycles. The van der Waals surface area contributed by atoms with Crippen molar-refractivity contribution in [2.24, 2.45) is 0 Å². The molecule has 0 spiro atoms. The van der Waals surface area contributed by atoms with Gasteiger partial charge >= 0.3 is 0 Å². The van der Waals surface area contributed by atoms with Crippen LogP contribution in [0.4, 0.5) is 17.1 Å². The normalized spacial score (nSPS) is 11.0. The Hall–Kier alpha value is -3.95. The van der Waals surface area contributed by atoms with Crippen LogP contribution in [0.1, 0.15) is 32.6 Å². The third-order valence-electron chi connectivity index (χ3n) is 5.75. The average molecular weight is 448 g/mol. The first-order valence-electron chi connectivity index (χ1n) is 11.4. The molecule has 3 nitrogen and oxygen atoms in total. The molecule has 0 aliphatic carbocycles. The zero-order valence-corrected chi connectivity index (χ0v) is 19.9. The Morgan fingerprint density at radius 1 is 0.735 bits per heavy atom. The Balaban J connectivity index is 1.60. The minimum absolute atomic E-state index is 0.0299. The van der Waals surface area contributed by atoms with E-state index in [1.165, 1.54) is 11.1 Å². The predicted octanol–water partition coefficient (Wildman–Crippen LogP) is 7.82. The lowest BCUT2D eigenvalue weighted by Crippen LogP contribution is -2.09. The summed E-state index contributed by atoms with van der Waals surface area (Å²) in [6.45, 7) is 4.60. The number of anilines is 3. The van der Waals surface area contributed by atoms with Crippen molar-refractivity contribution in [1.82, 2.24) is 0 Å². The Kier molecular flexibility index (Phi) is 7.36. The highest BCUT2D eigenvalue weighted by Gasteiger charge is 2.12. The molecule has 0 N–H and O–H groups in total. The second kappa shape index (κ2) is 10.8. The third kappa shape index (κ3) is 5.51. The van der Waals surface area contributed by atoms with Gasteiger partial charge in [-0.3, -0.25) is 4.79 Å². The van der Waals surface area contributed by atoms with E-state index in [0.717, 1.165) is 28.2 Å². The number of hydrogen-bond donors (Lipinski definition) is 0. The van der Waals surface area contributed by atoms with Gasteiger partial charge in [0.2, 0.25) is 0 Å². The fraction of sp³-hybridized carbons (Fsp3) is 0.129. The van der Waals surface area contributed by atoms with Gasteiger partial charge in [-0.15, -0.1) is 0 Å². The van der Waals surface area contributed by atoms with Crippen molar-refractivity contribution in [2.75, 3.05) is 12.0 Å². The molecule has 0 fully saturated rings. The van der Waals surface area contributed by atoms with Crippen LogP contribution in [0.25, 0.3) is 6.08 Å². The molecule has 0 unspecified atom stereocenters. The van der Waals surface area contributed by atoms with E-state index in [4.69, 9.17) is 4.74 Å². The van der Waals surface area contributed by atoms with Crippen LogP contribution >= 0.6 is 0 Å². The van der Waals surface area contributed by atoms with Crippen LogP contribution in [0.5, 0.6) is 0 Å². The van der Waals surface area contributed by atoms with Gasteiger partial charge in [-0.25, -0.2) is 0 Å². The smallest absolute Gasteiger partial charge is 0.186 e. The first-order valence-corrected chi connectivity index (χ1v) is 11.4. The Labute approximate surface area is 202 Å². The minimum atomic E-state index is -0.0299. The molecule has 170 valence electrons. The Morgan fingerprint density at radius 3 is 1.76 bits per heavy atom. The standard InChI is InChI=1S/C31H29NO2/c1-23-8-15-27(16-9-23)32(28-17-10-24(2)11-18-28)29-19-12-25(13-20-29)14-21-31(33)30-7-5-4-6-26(30)22-34-3/h4-21H,22H2,1-3H3/b21-14+. The fourth-order valence-electron chi connectivity index (χ4n) is 3.87. The van der Waals surface area contributed by atoms with Gasteiger partial charge in [0.25, 0.3) is 0 Å². The summed E-state index contributed by atoms with van der Waals surface area (Å²) in [6, 6.07) is 32.9. The quantitative estimate of drug-likeness (QED) is 0.204. The maximum absolute atomic E-state index is 12.8. The van der Waals surface area contributed by atoms with Crippen LogP contribution in [0.3, 0.4) is 0 Å². The van der Waals surface area contributed by atoms with Crippen LogP contribution in [0.2, 0.25) is 0 Å². The average Bonchev–Trinajstić information content (AvgIpc) is 2.86. The van der Waals surface area contributed by atoms with E-state index in [-0.39, 0.29) is 5.78 Å². The molecule has 0 radical (unpaired) electrons. The lowest BCUT2D eigenvalue weighted by molar-refractivity contribution is 0.104. The highest BCUT2D eigenvalue weighted by Crippen LogP contribution is 2.34. The Morgan fingerprint density at radius 2 is 1.24 bits per heavy atom. The second-order valence-electron chi connectivity index (χ2n) is 8.39. The summed E-state index contributed by atoms with van der Waals surface area (Å²) in [5.74, 6) is -0.0299. The van der Waals surface area contributed by atoms with Gasteiger partial charge in [0.15, 0.2) is 5.78 Å². The van der Waals surface area contributed by atoms with E-state index in [9.17, 15) is 4.79 Å². The summed E-state index contributed by atoms with van der Waals surface area (Å²) in [5.41, 5.74) is 8.24. The highest BCUT2D eigenvalue weighted by molar-refractivity contribution is 6.07. The number of hydrogen-bond acceptors (Lipinski definition) is 3. The van der Waals surface area contributed by atoms with Crippen LogP contribution in [0.15, 0.2) is 103 Å². The first kappa shape index (κ1) is 23.2. The number of benzene rings is 4. The predicted molar refractivity (Wildman–Crippen MR) is 141 cm³/mol. The SMILES string of the molecule is COCc1ccccc1C(=O)/C=C/c1ccc(N(c2ccc(C)cc2)c2ccc(C)cc2)cc1. The molecule has 0 aliphatic heterocycles. The first-order chi connectivity index (χ1) is 16.5. The lowest BCUT2D eigenvalue weighted by atomic mass is 10.0. The van der Waals surface area contributed by atoms with Gasteiger partial charge < -0.3 is 9.64 Å². The van der Waals surface area contributed by atoms with E-state index in [2.05, 4.69) is 79.4 Å². The molecule has 4 aromatic carbocycles. The molecule has 0 saturated carbocycles. The van der Waals surface area contributed by atoms with Gasteiger partial charge in [-0.2, -0.15) is 0 Å². The van der Waals surface area contributed by atoms with Crippen LogP contribution in [0, 0.1) is 13.8 Å². The van der Waals surface area contributed by atoms with Gasteiger partial charge in [0, 0.05) is 29.7 Å². The van der Waals surface area contributed by atoms with Gasteiger partial charge in [-0.1, -0.05) is 77.9 Å². The Bertz CT molecular complexity index is 1230. The number of aryl methyl sites for hydroxylation is 2. The zero-order chi connectivity index (χ0) is 23.9. The van der Waals surface area contributed by atoms with Gasteiger partial charge in [0.05, 0.1) is 6.61 Å². The topological polar surface area (TPSA) is 29.5 Å². The molecule has 0 bridgehead atoms. The van der Waals surface area contributed by atoms with Crippen molar-refractivity contribution in [3.05, 3.63) is 131 Å². The summed E-state index contributed by atoms with van der Waals surface area (Å²) in [5, 5.41) is 0.